The first-order valence-electron chi connectivity index (χ1n) is 12.2. The molecule has 3 saturated carbocycles. The van der Waals surface area contributed by atoms with Gasteiger partial charge in [0.1, 0.15) is 5.54 Å². The third kappa shape index (κ3) is 2.95. The number of ketones is 2. The summed E-state index contributed by atoms with van der Waals surface area (Å²) in [6.45, 7) is 7.16. The molecule has 4 aliphatic carbocycles. The summed E-state index contributed by atoms with van der Waals surface area (Å²) in [7, 11) is 0. The van der Waals surface area contributed by atoms with Crippen LogP contribution in [0, 0.1) is 28.6 Å². The number of rotatable bonds is 4. The molecule has 0 radical (unpaired) electrons. The van der Waals surface area contributed by atoms with Crippen molar-refractivity contribution in [2.45, 2.75) is 71.3 Å². The van der Waals surface area contributed by atoms with E-state index in [0.29, 0.717) is 24.4 Å². The molecule has 0 unspecified atom stereocenters. The largest absolute Gasteiger partial charge is 0.458 e. The van der Waals surface area contributed by atoms with Gasteiger partial charge < -0.3 is 4.74 Å². The minimum atomic E-state index is -0.732. The number of fused-ring (bicyclic) bond motifs is 5. The third-order valence-corrected chi connectivity index (χ3v) is 9.75. The van der Waals surface area contributed by atoms with Gasteiger partial charge in [0.2, 0.25) is 0 Å². The van der Waals surface area contributed by atoms with Crippen LogP contribution in [-0.2, 0) is 24.0 Å². The lowest BCUT2D eigenvalue weighted by molar-refractivity contribution is -0.225. The Kier molecular flexibility index (Phi) is 5.25. The minimum Gasteiger partial charge on any atom is -0.458 e. The summed E-state index contributed by atoms with van der Waals surface area (Å²) in [4.78, 5) is 43.3. The Balaban J connectivity index is 1.50. The maximum atomic E-state index is 13.7. The number of ether oxygens (including phenoxy) is 1. The second kappa shape index (κ2) is 7.63. The smallest absolute Gasteiger partial charge is 0.303 e. The lowest BCUT2D eigenvalue weighted by Gasteiger charge is -2.59. The van der Waals surface area contributed by atoms with Crippen LogP contribution in [0.1, 0.15) is 65.7 Å². The van der Waals surface area contributed by atoms with Crippen LogP contribution in [0.4, 0.5) is 0 Å². The predicted octanol–water partition coefficient (Wildman–Crippen LogP) is 3.80. The molecule has 6 atom stereocenters. The van der Waals surface area contributed by atoms with Crippen molar-refractivity contribution in [1.82, 2.24) is 5.06 Å². The molecule has 32 heavy (non-hydrogen) atoms. The first-order valence-corrected chi connectivity index (χ1v) is 12.2. The van der Waals surface area contributed by atoms with E-state index in [2.05, 4.69) is 19.9 Å². The standard InChI is InChI=1S/C26H35NO5/c1-17(28)31-16-23(30)26(27-13-4-14-32-27)12-9-22-20-6-5-18-15-19(29)7-10-24(18,2)21(20)8-11-25(22,26)3/h7,10,15,20-22H,4-6,8-9,11-14,16H2,1-3H3/t20-,21+,22+,24+,25+,26+/m1/s1. The third-order valence-electron chi connectivity index (χ3n) is 9.75. The Labute approximate surface area is 190 Å². The Morgan fingerprint density at radius 1 is 1.19 bits per heavy atom. The number of carbonyl (C=O) groups excluding carboxylic acids is 3. The van der Waals surface area contributed by atoms with Gasteiger partial charge >= 0.3 is 5.97 Å². The van der Waals surface area contributed by atoms with E-state index in [1.807, 2.05) is 11.1 Å². The summed E-state index contributed by atoms with van der Waals surface area (Å²) in [6.07, 6.45) is 12.4. The van der Waals surface area contributed by atoms with Crippen LogP contribution in [0.3, 0.4) is 0 Å². The normalized spacial score (nSPS) is 43.3. The van der Waals surface area contributed by atoms with Gasteiger partial charge in [0.15, 0.2) is 18.2 Å². The summed E-state index contributed by atoms with van der Waals surface area (Å²) in [5.41, 5.74) is 0.272. The van der Waals surface area contributed by atoms with Crippen molar-refractivity contribution < 1.29 is 24.0 Å². The van der Waals surface area contributed by atoms with Gasteiger partial charge in [-0.1, -0.05) is 25.5 Å². The molecule has 1 saturated heterocycles. The molecule has 6 heteroatoms. The molecule has 0 aromatic rings. The van der Waals surface area contributed by atoms with Crippen molar-refractivity contribution in [3.05, 3.63) is 23.8 Å². The van der Waals surface area contributed by atoms with Crippen molar-refractivity contribution in [3.8, 4) is 0 Å². The van der Waals surface area contributed by atoms with Gasteiger partial charge in [0.25, 0.3) is 0 Å². The number of Topliss-reactive ketones (excluding diaryl/α,β-unsaturated/α-hetero) is 1. The van der Waals surface area contributed by atoms with E-state index in [9.17, 15) is 14.4 Å². The second-order valence-corrected chi connectivity index (χ2v) is 11.0. The van der Waals surface area contributed by atoms with Crippen LogP contribution in [0.2, 0.25) is 0 Å². The molecule has 0 N–H and O–H groups in total. The van der Waals surface area contributed by atoms with Crippen LogP contribution in [0.25, 0.3) is 0 Å². The van der Waals surface area contributed by atoms with Crippen LogP contribution in [0.15, 0.2) is 23.8 Å². The zero-order valence-electron chi connectivity index (χ0n) is 19.5. The SMILES string of the molecule is CC(=O)OCC(=O)[C@@]1(N2CCCO2)CC[C@H]2[C@@H]3CCC4=CC(=O)C=C[C@]4(C)[C@H]3CC[C@@]21C. The fourth-order valence-electron chi connectivity index (χ4n) is 8.26. The molecule has 0 amide bonds. The van der Waals surface area contributed by atoms with E-state index in [4.69, 9.17) is 9.57 Å². The summed E-state index contributed by atoms with van der Waals surface area (Å²) >= 11 is 0. The Bertz CT molecular complexity index is 902. The van der Waals surface area contributed by atoms with Gasteiger partial charge in [-0.15, -0.1) is 0 Å². The highest BCUT2D eigenvalue weighted by Gasteiger charge is 2.69. The quantitative estimate of drug-likeness (QED) is 0.618. The fourth-order valence-corrected chi connectivity index (χ4v) is 8.26. The van der Waals surface area contributed by atoms with Gasteiger partial charge in [-0.05, 0) is 80.3 Å². The summed E-state index contributed by atoms with van der Waals surface area (Å²) < 4.78 is 5.21. The average Bonchev–Trinajstić information content (AvgIpc) is 3.39. The van der Waals surface area contributed by atoms with E-state index >= 15 is 0 Å². The molecule has 5 aliphatic rings. The minimum absolute atomic E-state index is 0.0104. The van der Waals surface area contributed by atoms with Crippen LogP contribution >= 0.6 is 0 Å². The van der Waals surface area contributed by atoms with Crippen molar-refractivity contribution in [3.63, 3.8) is 0 Å². The highest BCUT2D eigenvalue weighted by molar-refractivity contribution is 6.01. The second-order valence-electron chi connectivity index (χ2n) is 11.0. The molecule has 4 fully saturated rings. The van der Waals surface area contributed by atoms with Gasteiger partial charge in [0.05, 0.1) is 6.61 Å². The number of hydroxylamine groups is 2. The number of esters is 1. The topological polar surface area (TPSA) is 72.9 Å². The number of nitrogens with zero attached hydrogens (tertiary/aromatic N) is 1. The summed E-state index contributed by atoms with van der Waals surface area (Å²) in [5, 5.41) is 1.97. The van der Waals surface area contributed by atoms with Crippen molar-refractivity contribution in [2.75, 3.05) is 19.8 Å². The molecule has 174 valence electrons. The number of allylic oxidation sites excluding steroid dienone is 4. The number of hydrogen-bond donors (Lipinski definition) is 0. The first kappa shape index (κ1) is 22.0. The van der Waals surface area contributed by atoms with Crippen LogP contribution in [-0.4, -0.2) is 47.9 Å². The molecule has 1 heterocycles. The number of carbonyl (C=O) groups is 3. The van der Waals surface area contributed by atoms with Gasteiger partial charge in [-0.2, -0.15) is 5.06 Å². The number of hydrogen-bond acceptors (Lipinski definition) is 6. The van der Waals surface area contributed by atoms with Crippen molar-refractivity contribution in [1.29, 1.82) is 0 Å². The molecule has 0 spiro atoms. The van der Waals surface area contributed by atoms with Crippen LogP contribution < -0.4 is 0 Å². The molecule has 0 aromatic heterocycles. The summed E-state index contributed by atoms with van der Waals surface area (Å²) in [5.74, 6) is 1.10. The molecule has 0 bridgehead atoms. The van der Waals surface area contributed by atoms with E-state index in [1.54, 1.807) is 6.08 Å². The Hall–Kier alpha value is -1.79. The van der Waals surface area contributed by atoms with Crippen LogP contribution in [0.5, 0.6) is 0 Å². The molecule has 1 aliphatic heterocycles. The maximum absolute atomic E-state index is 13.7. The highest BCUT2D eigenvalue weighted by Crippen LogP contribution is 2.68. The molecular weight excluding hydrogens is 406 g/mol. The lowest BCUT2D eigenvalue weighted by Crippen LogP contribution is -2.65. The molecule has 0 aromatic carbocycles. The zero-order chi connectivity index (χ0) is 22.7. The lowest BCUT2D eigenvalue weighted by atomic mass is 9.46. The monoisotopic (exact) mass is 441 g/mol. The maximum Gasteiger partial charge on any atom is 0.303 e. The molecule has 6 nitrogen and oxygen atoms in total. The van der Waals surface area contributed by atoms with E-state index in [1.165, 1.54) is 12.5 Å². The van der Waals surface area contributed by atoms with E-state index < -0.39 is 11.5 Å². The van der Waals surface area contributed by atoms with Crippen molar-refractivity contribution >= 4 is 17.5 Å². The molecule has 5 rings (SSSR count). The highest BCUT2D eigenvalue weighted by atomic mass is 16.7. The fraction of sp³-hybridized carbons (Fsp3) is 0.731. The first-order chi connectivity index (χ1) is 15.2. The summed E-state index contributed by atoms with van der Waals surface area (Å²) in [6, 6.07) is 0. The Morgan fingerprint density at radius 3 is 2.69 bits per heavy atom. The van der Waals surface area contributed by atoms with E-state index in [0.717, 1.165) is 51.5 Å². The van der Waals surface area contributed by atoms with E-state index in [-0.39, 0.29) is 29.0 Å². The predicted molar refractivity (Wildman–Crippen MR) is 118 cm³/mol. The van der Waals surface area contributed by atoms with Gasteiger partial charge in [-0.3, -0.25) is 19.2 Å². The van der Waals surface area contributed by atoms with Crippen molar-refractivity contribution in [2.24, 2.45) is 28.6 Å². The Morgan fingerprint density at radius 2 is 1.97 bits per heavy atom. The molecular formula is C26H35NO5. The van der Waals surface area contributed by atoms with Gasteiger partial charge in [0, 0.05) is 18.9 Å². The zero-order valence-corrected chi connectivity index (χ0v) is 19.5. The average molecular weight is 442 g/mol. The van der Waals surface area contributed by atoms with Gasteiger partial charge in [-0.25, -0.2) is 0 Å².